The van der Waals surface area contributed by atoms with Crippen LogP contribution < -0.4 is 0 Å². The summed E-state index contributed by atoms with van der Waals surface area (Å²) in [5, 5.41) is 9.18. The molecule has 0 saturated carbocycles. The zero-order valence-corrected chi connectivity index (χ0v) is 9.55. The Morgan fingerprint density at radius 1 is 1.38 bits per heavy atom. The Bertz CT molecular complexity index is 166. The molecule has 0 rings (SSSR count). The van der Waals surface area contributed by atoms with E-state index in [1.807, 2.05) is 0 Å². The van der Waals surface area contributed by atoms with Crippen molar-refractivity contribution >= 4 is 19.2 Å². The molecule has 0 spiro atoms. The lowest BCUT2D eigenvalue weighted by atomic mass is 10.5. The second-order valence-electron chi connectivity index (χ2n) is 2.44. The maximum Gasteiger partial charge on any atom is 0.333 e. The monoisotopic (exact) mass is 230 g/mol. The van der Waals surface area contributed by atoms with E-state index in [2.05, 4.69) is 0 Å². The molecule has 0 aromatic carbocycles. The Labute approximate surface area is 83.7 Å². The smallest absolute Gasteiger partial charge is 0.333 e. The molecule has 4 nitrogen and oxygen atoms in total. The SMILES string of the molecule is CCOP(=O)(C[C@H](O)CCl)OCC. The Morgan fingerprint density at radius 3 is 2.15 bits per heavy atom. The molecule has 6 heteroatoms. The van der Waals surface area contributed by atoms with E-state index in [9.17, 15) is 9.67 Å². The number of aliphatic hydroxyl groups excluding tert-OH is 1. The number of hydrogen-bond donors (Lipinski definition) is 1. The van der Waals surface area contributed by atoms with Gasteiger partial charge >= 0.3 is 7.60 Å². The summed E-state index contributed by atoms with van der Waals surface area (Å²) in [6.45, 7) is 4.04. The minimum atomic E-state index is -3.13. The number of aliphatic hydroxyl groups is 1. The first-order chi connectivity index (χ1) is 6.08. The summed E-state index contributed by atoms with van der Waals surface area (Å²) in [5.41, 5.74) is 0. The zero-order chi connectivity index (χ0) is 10.3. The molecule has 1 N–H and O–H groups in total. The Hall–Kier alpha value is 0.400. The van der Waals surface area contributed by atoms with Crippen molar-refractivity contribution in [3.63, 3.8) is 0 Å². The van der Waals surface area contributed by atoms with Gasteiger partial charge in [-0.2, -0.15) is 0 Å². The second kappa shape index (κ2) is 6.80. The molecule has 0 aliphatic rings. The molecule has 0 radical (unpaired) electrons. The lowest BCUT2D eigenvalue weighted by molar-refractivity contribution is 0.182. The predicted octanol–water partition coefficient (Wildman–Crippen LogP) is 1.85. The van der Waals surface area contributed by atoms with Crippen LogP contribution in [-0.4, -0.2) is 36.5 Å². The highest BCUT2D eigenvalue weighted by atomic mass is 35.5. The highest BCUT2D eigenvalue weighted by Gasteiger charge is 2.26. The maximum absolute atomic E-state index is 11.7. The third-order valence-corrected chi connectivity index (χ3v) is 3.79. The third-order valence-electron chi connectivity index (χ3n) is 1.26. The van der Waals surface area contributed by atoms with Crippen molar-refractivity contribution in [1.82, 2.24) is 0 Å². The quantitative estimate of drug-likeness (QED) is 0.536. The lowest BCUT2D eigenvalue weighted by Gasteiger charge is -2.18. The predicted molar refractivity (Wildman–Crippen MR) is 52.5 cm³/mol. The van der Waals surface area contributed by atoms with E-state index in [-0.39, 0.29) is 12.0 Å². The van der Waals surface area contributed by atoms with Crippen LogP contribution in [0.2, 0.25) is 0 Å². The van der Waals surface area contributed by atoms with Crippen LogP contribution >= 0.6 is 19.2 Å². The van der Waals surface area contributed by atoms with E-state index in [0.717, 1.165) is 0 Å². The number of alkyl halides is 1. The fourth-order valence-electron chi connectivity index (χ4n) is 0.843. The summed E-state index contributed by atoms with van der Waals surface area (Å²) < 4.78 is 21.6. The van der Waals surface area contributed by atoms with Crippen molar-refractivity contribution in [2.45, 2.75) is 20.0 Å². The number of hydrogen-bond acceptors (Lipinski definition) is 4. The molecular formula is C7H16ClO4P. The normalized spacial score (nSPS) is 14.5. The minimum absolute atomic E-state index is 0.0319. The van der Waals surface area contributed by atoms with Crippen molar-refractivity contribution in [2.24, 2.45) is 0 Å². The summed E-state index contributed by atoms with van der Waals surface area (Å²) in [4.78, 5) is 0. The van der Waals surface area contributed by atoms with Crippen LogP contribution in [0, 0.1) is 0 Å². The molecular weight excluding hydrogens is 214 g/mol. The van der Waals surface area contributed by atoms with Crippen molar-refractivity contribution < 1.29 is 18.7 Å². The topological polar surface area (TPSA) is 55.8 Å². The molecule has 0 heterocycles. The van der Waals surface area contributed by atoms with E-state index >= 15 is 0 Å². The van der Waals surface area contributed by atoms with E-state index in [0.29, 0.717) is 13.2 Å². The van der Waals surface area contributed by atoms with E-state index in [1.54, 1.807) is 13.8 Å². The molecule has 0 aromatic rings. The molecule has 0 saturated heterocycles. The summed E-state index contributed by atoms with van der Waals surface area (Å²) in [7, 11) is -3.13. The molecule has 0 aliphatic heterocycles. The van der Waals surface area contributed by atoms with Crippen molar-refractivity contribution in [2.75, 3.05) is 25.3 Å². The molecule has 0 bridgehead atoms. The van der Waals surface area contributed by atoms with Gasteiger partial charge in [0.05, 0.1) is 25.5 Å². The van der Waals surface area contributed by atoms with Gasteiger partial charge in [0.1, 0.15) is 0 Å². The van der Waals surface area contributed by atoms with Crippen LogP contribution in [-0.2, 0) is 13.6 Å². The first-order valence-electron chi connectivity index (χ1n) is 4.20. The fourth-order valence-corrected chi connectivity index (χ4v) is 2.82. The second-order valence-corrected chi connectivity index (χ2v) is 4.85. The van der Waals surface area contributed by atoms with E-state index in [4.69, 9.17) is 20.6 Å². The number of halogens is 1. The summed E-state index contributed by atoms with van der Waals surface area (Å²) in [6.07, 6.45) is -0.886. The van der Waals surface area contributed by atoms with Gasteiger partial charge in [-0.1, -0.05) is 0 Å². The molecule has 0 amide bonds. The summed E-state index contributed by atoms with van der Waals surface area (Å²) >= 11 is 5.38. The van der Waals surface area contributed by atoms with Gasteiger partial charge in [0.2, 0.25) is 0 Å². The Balaban J connectivity index is 4.14. The Morgan fingerprint density at radius 2 is 1.85 bits per heavy atom. The first kappa shape index (κ1) is 13.4. The first-order valence-corrected chi connectivity index (χ1v) is 6.46. The molecule has 80 valence electrons. The van der Waals surface area contributed by atoms with Crippen molar-refractivity contribution in [1.29, 1.82) is 0 Å². The van der Waals surface area contributed by atoms with Crippen LogP contribution in [0.3, 0.4) is 0 Å². The molecule has 0 fully saturated rings. The molecule has 0 unspecified atom stereocenters. The zero-order valence-electron chi connectivity index (χ0n) is 7.90. The van der Waals surface area contributed by atoms with Crippen LogP contribution in [0.25, 0.3) is 0 Å². The van der Waals surface area contributed by atoms with Crippen molar-refractivity contribution in [3.8, 4) is 0 Å². The van der Waals surface area contributed by atoms with Crippen molar-refractivity contribution in [3.05, 3.63) is 0 Å². The average Bonchev–Trinajstić information content (AvgIpc) is 2.04. The van der Waals surface area contributed by atoms with Gasteiger partial charge in [-0.25, -0.2) is 0 Å². The van der Waals surface area contributed by atoms with Gasteiger partial charge in [-0.05, 0) is 13.8 Å². The standard InChI is InChI=1S/C7H16ClO4P/c1-3-11-13(10,12-4-2)6-7(9)5-8/h7,9H,3-6H2,1-2H3/t7-/m1/s1. The summed E-state index contributed by atoms with van der Waals surface area (Å²) in [5.74, 6) is 0.0319. The number of rotatable bonds is 7. The molecule has 1 atom stereocenters. The summed E-state index contributed by atoms with van der Waals surface area (Å²) in [6, 6.07) is 0. The van der Waals surface area contributed by atoms with Gasteiger partial charge in [-0.3, -0.25) is 4.57 Å². The van der Waals surface area contributed by atoms with Gasteiger partial charge in [0.15, 0.2) is 0 Å². The van der Waals surface area contributed by atoms with E-state index in [1.165, 1.54) is 0 Å². The minimum Gasteiger partial charge on any atom is -0.391 e. The van der Waals surface area contributed by atoms with Crippen LogP contribution in [0.5, 0.6) is 0 Å². The lowest BCUT2D eigenvalue weighted by Crippen LogP contribution is -2.16. The highest BCUT2D eigenvalue weighted by molar-refractivity contribution is 7.53. The van der Waals surface area contributed by atoms with Crippen LogP contribution in [0.4, 0.5) is 0 Å². The van der Waals surface area contributed by atoms with Crippen LogP contribution in [0.15, 0.2) is 0 Å². The van der Waals surface area contributed by atoms with Gasteiger partial charge < -0.3 is 14.2 Å². The largest absolute Gasteiger partial charge is 0.391 e. The van der Waals surface area contributed by atoms with Gasteiger partial charge in [0, 0.05) is 5.88 Å². The third kappa shape index (κ3) is 5.66. The fraction of sp³-hybridized carbons (Fsp3) is 1.00. The van der Waals surface area contributed by atoms with E-state index < -0.39 is 13.7 Å². The van der Waals surface area contributed by atoms with Gasteiger partial charge in [-0.15, -0.1) is 11.6 Å². The highest BCUT2D eigenvalue weighted by Crippen LogP contribution is 2.48. The molecule has 0 aromatic heterocycles. The Kier molecular flexibility index (Phi) is 7.00. The molecule has 13 heavy (non-hydrogen) atoms. The maximum atomic E-state index is 11.7. The van der Waals surface area contributed by atoms with Crippen LogP contribution in [0.1, 0.15) is 13.8 Å². The average molecular weight is 231 g/mol. The van der Waals surface area contributed by atoms with Gasteiger partial charge in [0.25, 0.3) is 0 Å². The molecule has 0 aliphatic carbocycles.